The van der Waals surface area contributed by atoms with Gasteiger partial charge in [-0.3, -0.25) is 4.79 Å². The molecule has 142 valence electrons. The normalized spacial score (nSPS) is 17.9. The molecule has 27 heavy (non-hydrogen) atoms. The van der Waals surface area contributed by atoms with Crippen molar-refractivity contribution in [2.24, 2.45) is 0 Å². The largest absolute Gasteiger partial charge is 0.515 e. The molecular formula is C22H24O5. The summed E-state index contributed by atoms with van der Waals surface area (Å²) < 4.78 is 11.6. The van der Waals surface area contributed by atoms with Gasteiger partial charge in [0.15, 0.2) is 0 Å². The standard InChI is InChI=1S/C22H24O5/c1-14(9-10-26-16-7-5-4-6-8-16)15-11-18(24)20-19(12-15)27-22(2,3)17(13-23)21(20)25/h4-8,11-14,23-24H,9-10H2,1-3H3. The number of fused-ring (bicyclic) bond motifs is 1. The first-order valence-electron chi connectivity index (χ1n) is 8.97. The number of Topliss-reactive ketones (excluding diaryl/α,β-unsaturated/α-hetero) is 1. The minimum atomic E-state index is -0.969. The maximum Gasteiger partial charge on any atom is 0.203 e. The smallest absolute Gasteiger partial charge is 0.203 e. The van der Waals surface area contributed by atoms with Crippen LogP contribution < -0.4 is 9.47 Å². The Bertz CT molecular complexity index is 868. The fourth-order valence-electron chi connectivity index (χ4n) is 3.20. The van der Waals surface area contributed by atoms with Gasteiger partial charge in [0, 0.05) is 0 Å². The van der Waals surface area contributed by atoms with Crippen molar-refractivity contribution in [3.63, 3.8) is 0 Å². The number of carbonyl (C=O) groups is 1. The van der Waals surface area contributed by atoms with Crippen LogP contribution in [0.5, 0.6) is 17.2 Å². The number of aliphatic hydroxyl groups excluding tert-OH is 1. The van der Waals surface area contributed by atoms with Crippen LogP contribution in [0.25, 0.3) is 0 Å². The maximum absolute atomic E-state index is 12.6. The second-order valence-electron chi connectivity index (χ2n) is 7.25. The monoisotopic (exact) mass is 368 g/mol. The van der Waals surface area contributed by atoms with Gasteiger partial charge in [-0.05, 0) is 56.0 Å². The summed E-state index contributed by atoms with van der Waals surface area (Å²) in [6, 6.07) is 13.0. The van der Waals surface area contributed by atoms with Crippen LogP contribution in [0.4, 0.5) is 0 Å². The topological polar surface area (TPSA) is 76.0 Å². The average Bonchev–Trinajstić information content (AvgIpc) is 2.61. The van der Waals surface area contributed by atoms with E-state index in [0.29, 0.717) is 12.4 Å². The predicted octanol–water partition coefficient (Wildman–Crippen LogP) is 4.76. The summed E-state index contributed by atoms with van der Waals surface area (Å²) in [6.45, 7) is 5.98. The van der Waals surface area contributed by atoms with E-state index in [1.54, 1.807) is 26.0 Å². The molecule has 0 aromatic heterocycles. The highest BCUT2D eigenvalue weighted by atomic mass is 16.5. The van der Waals surface area contributed by atoms with E-state index in [1.165, 1.54) is 0 Å². The minimum absolute atomic E-state index is 0.0890. The third-order valence-electron chi connectivity index (χ3n) is 4.85. The number of phenolic OH excluding ortho intramolecular Hbond substituents is 1. The SMILES string of the molecule is CC(CCOc1ccccc1)c1cc(O)c2c(c1)OC(C)(C)C(=CO)C2=O. The molecule has 3 rings (SSSR count). The van der Waals surface area contributed by atoms with Gasteiger partial charge in [-0.15, -0.1) is 0 Å². The van der Waals surface area contributed by atoms with E-state index in [2.05, 4.69) is 0 Å². The molecule has 0 spiro atoms. The van der Waals surface area contributed by atoms with Crippen LogP contribution in [-0.2, 0) is 0 Å². The van der Waals surface area contributed by atoms with Crippen molar-refractivity contribution in [2.45, 2.75) is 38.7 Å². The van der Waals surface area contributed by atoms with Crippen LogP contribution in [0, 0.1) is 0 Å². The van der Waals surface area contributed by atoms with Crippen LogP contribution in [0.15, 0.2) is 54.3 Å². The molecule has 0 amide bonds. The fourth-order valence-corrected chi connectivity index (χ4v) is 3.20. The lowest BCUT2D eigenvalue weighted by Crippen LogP contribution is -2.39. The van der Waals surface area contributed by atoms with Gasteiger partial charge in [0.1, 0.15) is 28.4 Å². The quantitative estimate of drug-likeness (QED) is 0.588. The maximum atomic E-state index is 12.6. The van der Waals surface area contributed by atoms with Gasteiger partial charge in [-0.1, -0.05) is 25.1 Å². The lowest BCUT2D eigenvalue weighted by atomic mass is 9.86. The van der Waals surface area contributed by atoms with Crippen molar-refractivity contribution in [1.29, 1.82) is 0 Å². The summed E-state index contributed by atoms with van der Waals surface area (Å²) >= 11 is 0. The number of ketones is 1. The third-order valence-corrected chi connectivity index (χ3v) is 4.85. The summed E-state index contributed by atoms with van der Waals surface area (Å²) in [5.41, 5.74) is 0.0974. The number of hydrogen-bond acceptors (Lipinski definition) is 5. The van der Waals surface area contributed by atoms with Crippen molar-refractivity contribution in [1.82, 2.24) is 0 Å². The molecule has 0 saturated carbocycles. The lowest BCUT2D eigenvalue weighted by molar-refractivity contribution is 0.0838. The second-order valence-corrected chi connectivity index (χ2v) is 7.25. The Morgan fingerprint density at radius 2 is 1.93 bits per heavy atom. The van der Waals surface area contributed by atoms with Crippen molar-refractivity contribution in [3.8, 4) is 17.2 Å². The molecule has 2 aromatic rings. The van der Waals surface area contributed by atoms with Gasteiger partial charge in [0.2, 0.25) is 5.78 Å². The number of carbonyl (C=O) groups excluding carboxylic acids is 1. The van der Waals surface area contributed by atoms with Crippen LogP contribution in [-0.4, -0.2) is 28.2 Å². The van der Waals surface area contributed by atoms with E-state index < -0.39 is 11.4 Å². The summed E-state index contributed by atoms with van der Waals surface area (Å²) in [7, 11) is 0. The van der Waals surface area contributed by atoms with Gasteiger partial charge in [-0.2, -0.15) is 0 Å². The number of aliphatic hydroxyl groups is 1. The Kier molecular flexibility index (Phi) is 5.13. The first kappa shape index (κ1) is 18.8. The molecule has 1 unspecified atom stereocenters. The molecule has 0 fully saturated rings. The number of phenols is 1. The first-order chi connectivity index (χ1) is 12.8. The molecule has 0 aliphatic carbocycles. The highest BCUT2D eigenvalue weighted by molar-refractivity contribution is 6.14. The van der Waals surface area contributed by atoms with Crippen molar-refractivity contribution in [2.75, 3.05) is 6.61 Å². The number of rotatable bonds is 5. The van der Waals surface area contributed by atoms with Crippen LogP contribution >= 0.6 is 0 Å². The number of aromatic hydroxyl groups is 1. The number of para-hydroxylation sites is 1. The Morgan fingerprint density at radius 3 is 2.59 bits per heavy atom. The predicted molar refractivity (Wildman–Crippen MR) is 103 cm³/mol. The highest BCUT2D eigenvalue weighted by Gasteiger charge is 2.40. The molecule has 0 radical (unpaired) electrons. The zero-order valence-electron chi connectivity index (χ0n) is 15.7. The molecule has 1 heterocycles. The summed E-state index contributed by atoms with van der Waals surface area (Å²) in [4.78, 5) is 12.6. The van der Waals surface area contributed by atoms with E-state index in [4.69, 9.17) is 9.47 Å². The van der Waals surface area contributed by atoms with Crippen molar-refractivity contribution < 1.29 is 24.5 Å². The number of hydrogen-bond donors (Lipinski definition) is 2. The Labute approximate surface area is 158 Å². The summed E-state index contributed by atoms with van der Waals surface area (Å²) in [5.74, 6) is 0.686. The highest BCUT2D eigenvalue weighted by Crippen LogP contribution is 2.42. The Hall–Kier alpha value is -2.95. The van der Waals surface area contributed by atoms with E-state index in [0.717, 1.165) is 24.0 Å². The van der Waals surface area contributed by atoms with Gasteiger partial charge < -0.3 is 19.7 Å². The Balaban J connectivity index is 1.78. The van der Waals surface area contributed by atoms with E-state index in [1.807, 2.05) is 37.3 Å². The third kappa shape index (κ3) is 3.77. The molecule has 2 aromatic carbocycles. The van der Waals surface area contributed by atoms with Gasteiger partial charge in [-0.25, -0.2) is 0 Å². The van der Waals surface area contributed by atoms with Crippen molar-refractivity contribution >= 4 is 5.78 Å². The molecule has 1 aliphatic heterocycles. The zero-order valence-corrected chi connectivity index (χ0v) is 15.7. The second kappa shape index (κ2) is 7.35. The zero-order chi connectivity index (χ0) is 19.6. The van der Waals surface area contributed by atoms with Gasteiger partial charge in [0.05, 0.1) is 18.4 Å². The number of benzene rings is 2. The molecule has 1 atom stereocenters. The van der Waals surface area contributed by atoms with Crippen molar-refractivity contribution in [3.05, 3.63) is 65.4 Å². The molecule has 0 bridgehead atoms. The number of ether oxygens (including phenoxy) is 2. The molecule has 1 aliphatic rings. The molecule has 2 N–H and O–H groups in total. The molecular weight excluding hydrogens is 344 g/mol. The fraction of sp³-hybridized carbons (Fsp3) is 0.318. The summed E-state index contributed by atoms with van der Waals surface area (Å²) in [5, 5.41) is 19.8. The summed E-state index contributed by atoms with van der Waals surface area (Å²) in [6.07, 6.45) is 1.49. The van der Waals surface area contributed by atoms with Crippen LogP contribution in [0.1, 0.15) is 49.0 Å². The van der Waals surface area contributed by atoms with E-state index in [-0.39, 0.29) is 22.8 Å². The van der Waals surface area contributed by atoms with Crippen LogP contribution in [0.2, 0.25) is 0 Å². The van der Waals surface area contributed by atoms with E-state index >= 15 is 0 Å². The van der Waals surface area contributed by atoms with Gasteiger partial charge in [0.25, 0.3) is 0 Å². The van der Waals surface area contributed by atoms with Gasteiger partial charge >= 0.3 is 0 Å². The lowest BCUT2D eigenvalue weighted by Gasteiger charge is -2.34. The average molecular weight is 368 g/mol. The molecule has 0 saturated heterocycles. The molecule has 5 heteroatoms. The van der Waals surface area contributed by atoms with Crippen LogP contribution in [0.3, 0.4) is 0 Å². The minimum Gasteiger partial charge on any atom is -0.515 e. The van der Waals surface area contributed by atoms with E-state index in [9.17, 15) is 15.0 Å². The first-order valence-corrected chi connectivity index (χ1v) is 8.97. The molecule has 5 nitrogen and oxygen atoms in total. The Morgan fingerprint density at radius 1 is 1.22 bits per heavy atom.